The van der Waals surface area contributed by atoms with Gasteiger partial charge in [-0.05, 0) is 11.6 Å². The van der Waals surface area contributed by atoms with Gasteiger partial charge >= 0.3 is 0 Å². The van der Waals surface area contributed by atoms with Gasteiger partial charge in [-0.25, -0.2) is 9.07 Å². The Labute approximate surface area is 95.6 Å². The number of nitrogens with zero attached hydrogens (tertiary/aromatic N) is 3. The largest absolute Gasteiger partial charge is 0.296 e. The number of hydrogen-bond donors (Lipinski definition) is 0. The quantitative estimate of drug-likeness (QED) is 0.769. The predicted octanol–water partition coefficient (Wildman–Crippen LogP) is 1.93. The van der Waals surface area contributed by atoms with Crippen LogP contribution >= 0.6 is 11.6 Å². The number of hydrogen-bond acceptors (Lipinski definition) is 3. The minimum Gasteiger partial charge on any atom is -0.296 e. The van der Waals surface area contributed by atoms with Crippen LogP contribution in [0.3, 0.4) is 0 Å². The molecule has 0 saturated carbocycles. The average Bonchev–Trinajstić information content (AvgIpc) is 2.73. The van der Waals surface area contributed by atoms with Gasteiger partial charge in [0.15, 0.2) is 6.29 Å². The topological polar surface area (TPSA) is 47.8 Å². The van der Waals surface area contributed by atoms with E-state index in [9.17, 15) is 9.18 Å². The van der Waals surface area contributed by atoms with Gasteiger partial charge in [0.1, 0.15) is 11.5 Å². The first kappa shape index (κ1) is 10.8. The molecular weight excluding hydrogens is 233 g/mol. The molecule has 0 aliphatic carbocycles. The molecule has 16 heavy (non-hydrogen) atoms. The van der Waals surface area contributed by atoms with E-state index in [2.05, 4.69) is 10.3 Å². The number of carbonyl (C=O) groups is 1. The predicted molar refractivity (Wildman–Crippen MR) is 55.9 cm³/mol. The van der Waals surface area contributed by atoms with Crippen molar-refractivity contribution < 1.29 is 9.18 Å². The van der Waals surface area contributed by atoms with E-state index < -0.39 is 5.82 Å². The van der Waals surface area contributed by atoms with Crippen LogP contribution in [0, 0.1) is 5.82 Å². The van der Waals surface area contributed by atoms with Crippen LogP contribution < -0.4 is 0 Å². The summed E-state index contributed by atoms with van der Waals surface area (Å²) >= 11 is 5.78. The first-order chi connectivity index (χ1) is 7.70. The molecule has 1 heterocycles. The van der Waals surface area contributed by atoms with Crippen LogP contribution in [0.25, 0.3) is 0 Å². The second kappa shape index (κ2) is 4.40. The summed E-state index contributed by atoms with van der Waals surface area (Å²) in [6.45, 7) is 0.275. The standard InChI is InChI=1S/C10H7ClFN3O/c11-10-7(2-1-3-9(10)12)4-15-5-8(6-16)13-14-15/h1-3,5-6H,4H2. The third-order valence-electron chi connectivity index (χ3n) is 2.04. The van der Waals surface area contributed by atoms with Crippen LogP contribution in [0.2, 0.25) is 5.02 Å². The second-order valence-electron chi connectivity index (χ2n) is 3.17. The number of aldehydes is 1. The molecule has 0 aliphatic heterocycles. The molecule has 1 aromatic carbocycles. The third-order valence-corrected chi connectivity index (χ3v) is 2.46. The molecule has 0 bridgehead atoms. The van der Waals surface area contributed by atoms with E-state index in [0.717, 1.165) is 0 Å². The Morgan fingerprint density at radius 3 is 3.00 bits per heavy atom. The van der Waals surface area contributed by atoms with E-state index in [1.807, 2.05) is 0 Å². The molecule has 0 amide bonds. The fourth-order valence-electron chi connectivity index (χ4n) is 1.29. The lowest BCUT2D eigenvalue weighted by Gasteiger charge is -2.03. The number of rotatable bonds is 3. The highest BCUT2D eigenvalue weighted by atomic mass is 35.5. The number of benzene rings is 1. The maximum absolute atomic E-state index is 13.1. The first-order valence-electron chi connectivity index (χ1n) is 4.49. The molecule has 0 spiro atoms. The molecule has 2 aromatic rings. The van der Waals surface area contributed by atoms with E-state index in [1.54, 1.807) is 12.1 Å². The summed E-state index contributed by atoms with van der Waals surface area (Å²) in [4.78, 5) is 10.4. The molecule has 0 fully saturated rings. The maximum Gasteiger partial charge on any atom is 0.171 e. The van der Waals surface area contributed by atoms with Crippen molar-refractivity contribution in [3.8, 4) is 0 Å². The molecule has 0 N–H and O–H groups in total. The van der Waals surface area contributed by atoms with Crippen molar-refractivity contribution in [2.45, 2.75) is 6.54 Å². The highest BCUT2D eigenvalue weighted by Crippen LogP contribution is 2.20. The Morgan fingerprint density at radius 2 is 2.31 bits per heavy atom. The van der Waals surface area contributed by atoms with Crippen LogP contribution in [0.5, 0.6) is 0 Å². The first-order valence-corrected chi connectivity index (χ1v) is 4.86. The molecule has 0 unspecified atom stereocenters. The van der Waals surface area contributed by atoms with Crippen LogP contribution in [0.15, 0.2) is 24.4 Å². The Hall–Kier alpha value is -1.75. The van der Waals surface area contributed by atoms with E-state index in [1.165, 1.54) is 16.9 Å². The van der Waals surface area contributed by atoms with E-state index in [-0.39, 0.29) is 17.3 Å². The van der Waals surface area contributed by atoms with Crippen molar-refractivity contribution in [3.05, 3.63) is 46.5 Å². The zero-order valence-electron chi connectivity index (χ0n) is 8.10. The highest BCUT2D eigenvalue weighted by Gasteiger charge is 2.07. The number of halogens is 2. The van der Waals surface area contributed by atoms with Crippen molar-refractivity contribution in [2.24, 2.45) is 0 Å². The molecule has 0 radical (unpaired) electrons. The molecule has 0 atom stereocenters. The Morgan fingerprint density at radius 1 is 1.50 bits per heavy atom. The van der Waals surface area contributed by atoms with Gasteiger partial charge < -0.3 is 0 Å². The van der Waals surface area contributed by atoms with Gasteiger partial charge in [0.25, 0.3) is 0 Å². The maximum atomic E-state index is 13.1. The molecule has 0 aliphatic rings. The smallest absolute Gasteiger partial charge is 0.171 e. The molecule has 6 heteroatoms. The monoisotopic (exact) mass is 239 g/mol. The van der Waals surface area contributed by atoms with Gasteiger partial charge in [0, 0.05) is 0 Å². The molecule has 2 rings (SSSR count). The van der Waals surface area contributed by atoms with Crippen LogP contribution in [-0.2, 0) is 6.54 Å². The fraction of sp³-hybridized carbons (Fsp3) is 0.100. The summed E-state index contributed by atoms with van der Waals surface area (Å²) in [5.41, 5.74) is 0.816. The van der Waals surface area contributed by atoms with Crippen molar-refractivity contribution in [1.29, 1.82) is 0 Å². The van der Waals surface area contributed by atoms with Gasteiger partial charge in [-0.15, -0.1) is 5.10 Å². The Kier molecular flexibility index (Phi) is 2.96. The SMILES string of the molecule is O=Cc1cn(Cc2cccc(F)c2Cl)nn1. The van der Waals surface area contributed by atoms with E-state index >= 15 is 0 Å². The summed E-state index contributed by atoms with van der Waals surface area (Å²) in [5.74, 6) is -0.477. The Balaban J connectivity index is 2.26. The van der Waals surface area contributed by atoms with Crippen LogP contribution in [0.4, 0.5) is 4.39 Å². The van der Waals surface area contributed by atoms with Gasteiger partial charge in [0.2, 0.25) is 0 Å². The zero-order valence-corrected chi connectivity index (χ0v) is 8.86. The summed E-state index contributed by atoms with van der Waals surface area (Å²) in [6, 6.07) is 4.53. The minimum atomic E-state index is -0.477. The molecule has 1 aromatic heterocycles. The average molecular weight is 240 g/mol. The van der Waals surface area contributed by atoms with E-state index in [0.29, 0.717) is 11.8 Å². The second-order valence-corrected chi connectivity index (χ2v) is 3.55. The van der Waals surface area contributed by atoms with E-state index in [4.69, 9.17) is 11.6 Å². The highest BCUT2D eigenvalue weighted by molar-refractivity contribution is 6.31. The third kappa shape index (κ3) is 2.09. The van der Waals surface area contributed by atoms with Crippen molar-refractivity contribution in [3.63, 3.8) is 0 Å². The summed E-state index contributed by atoms with van der Waals surface area (Å²) in [7, 11) is 0. The lowest BCUT2D eigenvalue weighted by molar-refractivity contribution is 0.111. The van der Waals surface area contributed by atoms with Gasteiger partial charge in [-0.3, -0.25) is 4.79 Å². The summed E-state index contributed by atoms with van der Waals surface area (Å²) in [5, 5.41) is 7.36. The van der Waals surface area contributed by atoms with Crippen molar-refractivity contribution >= 4 is 17.9 Å². The minimum absolute atomic E-state index is 0.0608. The summed E-state index contributed by atoms with van der Waals surface area (Å²) < 4.78 is 14.5. The van der Waals surface area contributed by atoms with Crippen molar-refractivity contribution in [1.82, 2.24) is 15.0 Å². The van der Waals surface area contributed by atoms with Crippen molar-refractivity contribution in [2.75, 3.05) is 0 Å². The summed E-state index contributed by atoms with van der Waals surface area (Å²) in [6.07, 6.45) is 2.06. The molecular formula is C10H7ClFN3O. The molecule has 0 saturated heterocycles. The number of carbonyl (C=O) groups excluding carboxylic acids is 1. The van der Waals surface area contributed by atoms with Crippen LogP contribution in [-0.4, -0.2) is 21.3 Å². The molecule has 82 valence electrons. The van der Waals surface area contributed by atoms with Gasteiger partial charge in [-0.2, -0.15) is 0 Å². The zero-order chi connectivity index (χ0) is 11.5. The lowest BCUT2D eigenvalue weighted by atomic mass is 10.2. The normalized spacial score (nSPS) is 10.4. The van der Waals surface area contributed by atoms with Gasteiger partial charge in [-0.1, -0.05) is 28.9 Å². The number of aromatic nitrogens is 3. The van der Waals surface area contributed by atoms with Crippen LogP contribution in [0.1, 0.15) is 16.1 Å². The Bertz CT molecular complexity index is 527. The lowest BCUT2D eigenvalue weighted by Crippen LogP contribution is -2.01. The van der Waals surface area contributed by atoms with Gasteiger partial charge in [0.05, 0.1) is 17.8 Å². The fourth-order valence-corrected chi connectivity index (χ4v) is 1.48. The molecule has 4 nitrogen and oxygen atoms in total.